The average Bonchev–Trinajstić information content (AvgIpc) is 2.41. The lowest BCUT2D eigenvalue weighted by molar-refractivity contribution is -0.141. The molecular weight excluding hydrogens is 267 g/mol. The van der Waals surface area contributed by atoms with E-state index < -0.39 is 17.3 Å². The Hall–Kier alpha value is -1.78. The summed E-state index contributed by atoms with van der Waals surface area (Å²) in [5.74, 6) is 0. The van der Waals surface area contributed by atoms with Crippen LogP contribution in [0.1, 0.15) is 35.2 Å². The van der Waals surface area contributed by atoms with Gasteiger partial charge in [0.05, 0.1) is 5.52 Å². The van der Waals surface area contributed by atoms with Crippen LogP contribution in [-0.4, -0.2) is 4.98 Å². The van der Waals surface area contributed by atoms with Crippen molar-refractivity contribution in [2.75, 3.05) is 0 Å². The second-order valence-corrected chi connectivity index (χ2v) is 5.28. The molecule has 1 aromatic carbocycles. The maximum atomic E-state index is 13.0. The number of hydrogen-bond donors (Lipinski definition) is 1. The molecule has 2 nitrogen and oxygen atoms in total. The van der Waals surface area contributed by atoms with Crippen LogP contribution in [0.4, 0.5) is 13.2 Å². The van der Waals surface area contributed by atoms with Gasteiger partial charge in [0, 0.05) is 10.9 Å². The lowest BCUT2D eigenvalue weighted by Gasteiger charge is -2.19. The van der Waals surface area contributed by atoms with Crippen LogP contribution in [0.5, 0.6) is 0 Å². The second kappa shape index (κ2) is 4.36. The minimum absolute atomic E-state index is 0.263. The molecule has 0 bridgehead atoms. The first-order chi connectivity index (χ1) is 9.39. The highest BCUT2D eigenvalue weighted by Gasteiger charge is 2.35. The van der Waals surface area contributed by atoms with Gasteiger partial charge in [0.2, 0.25) is 0 Å². The lowest BCUT2D eigenvalue weighted by atomic mass is 9.89. The van der Waals surface area contributed by atoms with Gasteiger partial charge in [-0.05, 0) is 49.8 Å². The molecule has 0 atom stereocenters. The van der Waals surface area contributed by atoms with E-state index in [0.29, 0.717) is 10.9 Å². The fourth-order valence-corrected chi connectivity index (χ4v) is 2.98. The first kappa shape index (κ1) is 13.2. The van der Waals surface area contributed by atoms with Gasteiger partial charge < -0.3 is 4.98 Å². The lowest BCUT2D eigenvalue weighted by Crippen LogP contribution is -2.20. The Labute approximate surface area is 113 Å². The molecule has 1 aliphatic carbocycles. The van der Waals surface area contributed by atoms with Gasteiger partial charge in [-0.3, -0.25) is 4.79 Å². The molecule has 1 aromatic heterocycles. The predicted molar refractivity (Wildman–Crippen MR) is 70.9 cm³/mol. The van der Waals surface area contributed by atoms with Crippen LogP contribution in [0, 0.1) is 6.92 Å². The molecular formula is C15H14F3NO. The largest absolute Gasteiger partial charge is 0.431 e. The van der Waals surface area contributed by atoms with E-state index in [1.807, 2.05) is 6.07 Å². The average molecular weight is 281 g/mol. The van der Waals surface area contributed by atoms with Gasteiger partial charge in [-0.15, -0.1) is 0 Å². The summed E-state index contributed by atoms with van der Waals surface area (Å²) in [4.78, 5) is 14.6. The van der Waals surface area contributed by atoms with E-state index >= 15 is 0 Å². The van der Waals surface area contributed by atoms with Crippen LogP contribution in [0.25, 0.3) is 10.9 Å². The zero-order chi connectivity index (χ0) is 14.5. The topological polar surface area (TPSA) is 32.9 Å². The van der Waals surface area contributed by atoms with Gasteiger partial charge in [0.25, 0.3) is 0 Å². The molecule has 2 aromatic rings. The third-order valence-corrected chi connectivity index (χ3v) is 4.03. The SMILES string of the molecule is Cc1c(C(F)(F)F)[nH]c2c3c(ccc2c1=O)CCCC3. The Morgan fingerprint density at radius 3 is 2.55 bits per heavy atom. The number of aromatic amines is 1. The molecule has 0 fully saturated rings. The Morgan fingerprint density at radius 1 is 1.15 bits per heavy atom. The van der Waals surface area contributed by atoms with Crippen LogP contribution >= 0.6 is 0 Å². The van der Waals surface area contributed by atoms with Crippen molar-refractivity contribution in [2.45, 2.75) is 38.8 Å². The summed E-state index contributed by atoms with van der Waals surface area (Å²) in [5, 5.41) is 0.358. The van der Waals surface area contributed by atoms with Crippen LogP contribution in [0.3, 0.4) is 0 Å². The number of pyridine rings is 1. The molecule has 1 aliphatic rings. The molecule has 5 heteroatoms. The molecule has 20 heavy (non-hydrogen) atoms. The zero-order valence-electron chi connectivity index (χ0n) is 11.0. The van der Waals surface area contributed by atoms with Crippen molar-refractivity contribution in [2.24, 2.45) is 0 Å². The van der Waals surface area contributed by atoms with Crippen molar-refractivity contribution in [1.29, 1.82) is 0 Å². The number of aryl methyl sites for hydroxylation is 2. The summed E-state index contributed by atoms with van der Waals surface area (Å²) in [6.07, 6.45) is -0.954. The van der Waals surface area contributed by atoms with E-state index in [-0.39, 0.29) is 5.56 Å². The Kier molecular flexibility index (Phi) is 2.88. The highest BCUT2D eigenvalue weighted by Crippen LogP contribution is 2.32. The van der Waals surface area contributed by atoms with Gasteiger partial charge in [-0.1, -0.05) is 6.07 Å². The van der Waals surface area contributed by atoms with Crippen LogP contribution in [0.2, 0.25) is 0 Å². The molecule has 3 rings (SSSR count). The van der Waals surface area contributed by atoms with E-state index in [9.17, 15) is 18.0 Å². The number of aromatic nitrogens is 1. The number of alkyl halides is 3. The summed E-state index contributed by atoms with van der Waals surface area (Å²) in [5.41, 5.74) is 0.576. The van der Waals surface area contributed by atoms with E-state index in [4.69, 9.17) is 0 Å². The molecule has 0 radical (unpaired) electrons. The molecule has 1 heterocycles. The summed E-state index contributed by atoms with van der Waals surface area (Å²) in [6.45, 7) is 1.22. The number of benzene rings is 1. The molecule has 1 N–H and O–H groups in total. The van der Waals surface area contributed by atoms with Crippen molar-refractivity contribution < 1.29 is 13.2 Å². The van der Waals surface area contributed by atoms with Crippen molar-refractivity contribution >= 4 is 10.9 Å². The fraction of sp³-hybridized carbons (Fsp3) is 0.400. The van der Waals surface area contributed by atoms with Crippen LogP contribution in [-0.2, 0) is 19.0 Å². The minimum atomic E-state index is -4.53. The fourth-order valence-electron chi connectivity index (χ4n) is 2.98. The summed E-state index contributed by atoms with van der Waals surface area (Å²) in [7, 11) is 0. The smallest absolute Gasteiger partial charge is 0.350 e. The minimum Gasteiger partial charge on any atom is -0.350 e. The molecule has 0 saturated carbocycles. The number of halogens is 3. The highest BCUT2D eigenvalue weighted by atomic mass is 19.4. The van der Waals surface area contributed by atoms with Crippen molar-refractivity contribution in [3.05, 3.63) is 44.7 Å². The quantitative estimate of drug-likeness (QED) is 0.784. The van der Waals surface area contributed by atoms with E-state index in [1.54, 1.807) is 6.07 Å². The van der Waals surface area contributed by atoms with Crippen LogP contribution < -0.4 is 5.43 Å². The highest BCUT2D eigenvalue weighted by molar-refractivity contribution is 5.84. The maximum Gasteiger partial charge on any atom is 0.431 e. The molecule has 106 valence electrons. The van der Waals surface area contributed by atoms with Crippen molar-refractivity contribution in [3.8, 4) is 0 Å². The van der Waals surface area contributed by atoms with E-state index in [1.165, 1.54) is 6.92 Å². The predicted octanol–water partition coefficient (Wildman–Crippen LogP) is 3.73. The number of fused-ring (bicyclic) bond motifs is 3. The zero-order valence-corrected chi connectivity index (χ0v) is 11.0. The number of rotatable bonds is 0. The molecule has 0 saturated heterocycles. The molecule has 0 amide bonds. The normalized spacial score (nSPS) is 15.4. The first-order valence-corrected chi connectivity index (χ1v) is 6.64. The van der Waals surface area contributed by atoms with Crippen molar-refractivity contribution in [3.63, 3.8) is 0 Å². The van der Waals surface area contributed by atoms with Gasteiger partial charge in [0.1, 0.15) is 5.69 Å². The van der Waals surface area contributed by atoms with Gasteiger partial charge in [-0.25, -0.2) is 0 Å². The van der Waals surface area contributed by atoms with Gasteiger partial charge >= 0.3 is 6.18 Å². The molecule has 0 unspecified atom stereocenters. The van der Waals surface area contributed by atoms with E-state index in [0.717, 1.165) is 36.8 Å². The Morgan fingerprint density at radius 2 is 1.85 bits per heavy atom. The number of hydrogen-bond acceptors (Lipinski definition) is 1. The van der Waals surface area contributed by atoms with Gasteiger partial charge in [-0.2, -0.15) is 13.2 Å². The molecule has 0 spiro atoms. The summed E-state index contributed by atoms with van der Waals surface area (Å²) in [6, 6.07) is 3.52. The summed E-state index contributed by atoms with van der Waals surface area (Å²) >= 11 is 0. The third kappa shape index (κ3) is 1.92. The molecule has 0 aliphatic heterocycles. The number of nitrogens with one attached hydrogen (secondary N) is 1. The Bertz CT molecular complexity index is 743. The third-order valence-electron chi connectivity index (χ3n) is 4.03. The Balaban J connectivity index is 2.41. The monoisotopic (exact) mass is 281 g/mol. The maximum absolute atomic E-state index is 13.0. The van der Waals surface area contributed by atoms with Crippen LogP contribution in [0.15, 0.2) is 16.9 Å². The standard InChI is InChI=1S/C15H14F3NO/c1-8-13(20)11-7-6-9-4-2-3-5-10(9)12(11)19-14(8)15(16,17)18/h6-7H,2-5H2,1H3,(H,19,20). The van der Waals surface area contributed by atoms with Gasteiger partial charge in [0.15, 0.2) is 5.43 Å². The van der Waals surface area contributed by atoms with Crippen molar-refractivity contribution in [1.82, 2.24) is 4.98 Å². The first-order valence-electron chi connectivity index (χ1n) is 6.64. The second-order valence-electron chi connectivity index (χ2n) is 5.28. The van der Waals surface area contributed by atoms with E-state index in [2.05, 4.69) is 4.98 Å². The summed E-state index contributed by atoms with van der Waals surface area (Å²) < 4.78 is 39.1. The number of H-pyrrole nitrogens is 1.